The maximum absolute atomic E-state index is 12.1. The Morgan fingerprint density at radius 1 is 1.61 bits per heavy atom. The summed E-state index contributed by atoms with van der Waals surface area (Å²) < 4.78 is 19.3. The van der Waals surface area contributed by atoms with Crippen molar-refractivity contribution >= 4 is 32.7 Å². The molecule has 1 aromatic heterocycles. The maximum Gasteiger partial charge on any atom is 0.306 e. The number of hydrogen-bond acceptors (Lipinski definition) is 4. The van der Waals surface area contributed by atoms with E-state index in [2.05, 4.69) is 25.8 Å². The van der Waals surface area contributed by atoms with E-state index in [1.165, 1.54) is 7.11 Å². The first kappa shape index (κ1) is 15.4. The van der Waals surface area contributed by atoms with E-state index >= 15 is 0 Å². The maximum atomic E-state index is 12.1. The number of nitrogens with zero attached hydrogens (tertiary/aromatic N) is 2. The van der Waals surface area contributed by atoms with Gasteiger partial charge in [0.1, 0.15) is 0 Å². The van der Waals surface area contributed by atoms with E-state index < -0.39 is 10.8 Å². The van der Waals surface area contributed by atoms with Gasteiger partial charge in [-0.1, -0.05) is 6.92 Å². The van der Waals surface area contributed by atoms with Crippen molar-refractivity contribution in [1.82, 2.24) is 9.78 Å². The Morgan fingerprint density at radius 3 is 2.67 bits per heavy atom. The largest absolute Gasteiger partial charge is 0.469 e. The minimum absolute atomic E-state index is 0.164. The molecule has 0 saturated carbocycles. The van der Waals surface area contributed by atoms with E-state index in [1.54, 1.807) is 11.6 Å². The molecule has 1 heterocycles. The monoisotopic (exact) mass is 336 g/mol. The highest BCUT2D eigenvalue weighted by atomic mass is 79.9. The normalized spacial score (nSPS) is 14.3. The second kappa shape index (κ2) is 6.47. The molecule has 5 nitrogen and oxygen atoms in total. The third-order valence-electron chi connectivity index (χ3n) is 2.67. The predicted molar refractivity (Wildman–Crippen MR) is 73.6 cm³/mol. The Bertz CT molecular complexity index is 473. The Hall–Kier alpha value is -0.690. The highest BCUT2D eigenvalue weighted by Crippen LogP contribution is 2.22. The molecular formula is C11H17BrN2O3S. The van der Waals surface area contributed by atoms with E-state index in [1.807, 2.05) is 14.0 Å². The van der Waals surface area contributed by atoms with E-state index in [0.29, 0.717) is 5.75 Å². The number of hydrogen-bond donors (Lipinski definition) is 0. The zero-order chi connectivity index (χ0) is 13.9. The standard InChI is InChI=1S/C11H17BrN2O3S/c1-7(5-10(15)17-4)18(16)6-9-11(12)8(2)13-14(9)3/h7H,5-6H2,1-4H3. The molecule has 0 N–H and O–H groups in total. The van der Waals surface area contributed by atoms with Gasteiger partial charge in [0.25, 0.3) is 0 Å². The lowest BCUT2D eigenvalue weighted by Crippen LogP contribution is -2.19. The van der Waals surface area contributed by atoms with Gasteiger partial charge in [0.15, 0.2) is 0 Å². The molecule has 2 atom stereocenters. The van der Waals surface area contributed by atoms with Crippen LogP contribution in [0.25, 0.3) is 0 Å². The average Bonchev–Trinajstić information content (AvgIpc) is 2.55. The molecule has 0 aromatic carbocycles. The molecule has 0 aliphatic rings. The zero-order valence-corrected chi connectivity index (χ0v) is 13.3. The number of halogens is 1. The molecule has 1 rings (SSSR count). The van der Waals surface area contributed by atoms with E-state index in [9.17, 15) is 9.00 Å². The highest BCUT2D eigenvalue weighted by Gasteiger charge is 2.20. The number of rotatable bonds is 5. The molecular weight excluding hydrogens is 320 g/mol. The van der Waals surface area contributed by atoms with Gasteiger partial charge in [-0.3, -0.25) is 13.7 Å². The molecule has 0 aliphatic heterocycles. The summed E-state index contributed by atoms with van der Waals surface area (Å²) in [6.45, 7) is 3.67. The van der Waals surface area contributed by atoms with Gasteiger partial charge in [-0.05, 0) is 22.9 Å². The van der Waals surface area contributed by atoms with Crippen LogP contribution in [0.5, 0.6) is 0 Å². The smallest absolute Gasteiger partial charge is 0.306 e. The van der Waals surface area contributed by atoms with Crippen molar-refractivity contribution in [2.75, 3.05) is 7.11 Å². The minimum Gasteiger partial charge on any atom is -0.469 e. The molecule has 0 amide bonds. The number of methoxy groups -OCH3 is 1. The quantitative estimate of drug-likeness (QED) is 0.767. The van der Waals surface area contributed by atoms with Crippen molar-refractivity contribution in [3.8, 4) is 0 Å². The van der Waals surface area contributed by atoms with Crippen LogP contribution >= 0.6 is 15.9 Å². The molecule has 0 fully saturated rings. The Balaban J connectivity index is 2.72. The van der Waals surface area contributed by atoms with Crippen LogP contribution in [0.15, 0.2) is 4.47 Å². The lowest BCUT2D eigenvalue weighted by atomic mass is 10.3. The first-order chi connectivity index (χ1) is 8.36. The van der Waals surface area contributed by atoms with Gasteiger partial charge >= 0.3 is 5.97 Å². The summed E-state index contributed by atoms with van der Waals surface area (Å²) in [5.41, 5.74) is 1.74. The molecule has 0 spiro atoms. The number of aryl methyl sites for hydroxylation is 2. The van der Waals surface area contributed by atoms with Crippen LogP contribution in [0, 0.1) is 6.92 Å². The van der Waals surface area contributed by atoms with Gasteiger partial charge in [0.05, 0.1) is 35.1 Å². The van der Waals surface area contributed by atoms with Gasteiger partial charge < -0.3 is 4.74 Å². The summed E-state index contributed by atoms with van der Waals surface area (Å²) in [6.07, 6.45) is 0.164. The summed E-state index contributed by atoms with van der Waals surface area (Å²) >= 11 is 3.43. The molecule has 18 heavy (non-hydrogen) atoms. The predicted octanol–water partition coefficient (Wildman–Crippen LogP) is 1.69. The van der Waals surface area contributed by atoms with Crippen LogP contribution in [0.1, 0.15) is 24.7 Å². The highest BCUT2D eigenvalue weighted by molar-refractivity contribution is 9.10. The average molecular weight is 337 g/mol. The number of carbonyl (C=O) groups excluding carboxylic acids is 1. The van der Waals surface area contributed by atoms with Crippen molar-refractivity contribution in [1.29, 1.82) is 0 Å². The van der Waals surface area contributed by atoms with Gasteiger partial charge in [-0.2, -0.15) is 5.10 Å². The summed E-state index contributed by atoms with van der Waals surface area (Å²) in [5.74, 6) is 0.0342. The van der Waals surface area contributed by atoms with Crippen LogP contribution in [0.4, 0.5) is 0 Å². The van der Waals surface area contributed by atoms with E-state index in [0.717, 1.165) is 15.9 Å². The fourth-order valence-electron chi connectivity index (χ4n) is 1.52. The van der Waals surface area contributed by atoms with Crippen molar-refractivity contribution in [3.63, 3.8) is 0 Å². The van der Waals surface area contributed by atoms with Gasteiger partial charge in [-0.25, -0.2) is 0 Å². The Kier molecular flexibility index (Phi) is 5.52. The van der Waals surface area contributed by atoms with Crippen LogP contribution in [0.3, 0.4) is 0 Å². The summed E-state index contributed by atoms with van der Waals surface area (Å²) in [6, 6.07) is 0. The Morgan fingerprint density at radius 2 is 2.22 bits per heavy atom. The number of ether oxygens (including phenoxy) is 1. The third-order valence-corrected chi connectivity index (χ3v) is 5.32. The summed E-state index contributed by atoms with van der Waals surface area (Å²) in [5, 5.41) is 4.01. The fourth-order valence-corrected chi connectivity index (χ4v) is 3.39. The second-order valence-electron chi connectivity index (χ2n) is 4.09. The van der Waals surface area contributed by atoms with Crippen LogP contribution in [-0.4, -0.2) is 32.3 Å². The SMILES string of the molecule is COC(=O)CC(C)S(=O)Cc1c(Br)c(C)nn1C. The Labute approximate surface area is 117 Å². The molecule has 0 radical (unpaired) electrons. The molecule has 0 bridgehead atoms. The molecule has 0 saturated heterocycles. The first-order valence-corrected chi connectivity index (χ1v) is 7.66. The van der Waals surface area contributed by atoms with Crippen molar-refractivity contribution in [2.45, 2.75) is 31.3 Å². The lowest BCUT2D eigenvalue weighted by Gasteiger charge is -2.10. The summed E-state index contributed by atoms with van der Waals surface area (Å²) in [4.78, 5) is 11.1. The van der Waals surface area contributed by atoms with Crippen molar-refractivity contribution in [2.24, 2.45) is 7.05 Å². The molecule has 1 aromatic rings. The number of carbonyl (C=O) groups is 1. The van der Waals surface area contributed by atoms with Crippen LogP contribution in [0.2, 0.25) is 0 Å². The summed E-state index contributed by atoms with van der Waals surface area (Å²) in [7, 11) is 2.01. The molecule has 7 heteroatoms. The van der Waals surface area contributed by atoms with Crippen molar-refractivity contribution in [3.05, 3.63) is 15.9 Å². The molecule has 102 valence electrons. The van der Waals surface area contributed by atoms with Gasteiger partial charge in [-0.15, -0.1) is 0 Å². The fraction of sp³-hybridized carbons (Fsp3) is 0.636. The second-order valence-corrected chi connectivity index (χ2v) is 6.73. The topological polar surface area (TPSA) is 61.2 Å². The van der Waals surface area contributed by atoms with Crippen LogP contribution < -0.4 is 0 Å². The van der Waals surface area contributed by atoms with Gasteiger partial charge in [0.2, 0.25) is 0 Å². The van der Waals surface area contributed by atoms with E-state index in [-0.39, 0.29) is 17.6 Å². The molecule has 0 aliphatic carbocycles. The third kappa shape index (κ3) is 3.65. The first-order valence-electron chi connectivity index (χ1n) is 5.48. The van der Waals surface area contributed by atoms with E-state index in [4.69, 9.17) is 0 Å². The minimum atomic E-state index is -1.14. The number of esters is 1. The van der Waals surface area contributed by atoms with Crippen LogP contribution in [-0.2, 0) is 33.1 Å². The van der Waals surface area contributed by atoms with Crippen molar-refractivity contribution < 1.29 is 13.7 Å². The number of aromatic nitrogens is 2. The van der Waals surface area contributed by atoms with Gasteiger partial charge in [0, 0.05) is 23.1 Å². The molecule has 2 unspecified atom stereocenters. The zero-order valence-electron chi connectivity index (χ0n) is 10.9. The lowest BCUT2D eigenvalue weighted by molar-refractivity contribution is -0.140.